The highest BCUT2D eigenvalue weighted by atomic mass is 35.5. The Bertz CT molecular complexity index is 727. The van der Waals surface area contributed by atoms with Gasteiger partial charge >= 0.3 is 0 Å². The van der Waals surface area contributed by atoms with Crippen molar-refractivity contribution in [1.29, 1.82) is 0 Å². The van der Waals surface area contributed by atoms with Crippen LogP contribution in [0.2, 0.25) is 5.02 Å². The van der Waals surface area contributed by atoms with E-state index in [0.29, 0.717) is 17.6 Å². The smallest absolute Gasteiger partial charge is 0.191 e. The molecule has 0 aliphatic carbocycles. The zero-order valence-electron chi connectivity index (χ0n) is 14.6. The molecule has 1 aliphatic rings. The fourth-order valence-electron chi connectivity index (χ4n) is 2.92. The molecule has 0 saturated carbocycles. The van der Waals surface area contributed by atoms with Gasteiger partial charge in [-0.25, -0.2) is 9.98 Å². The minimum absolute atomic E-state index is 0.310. The lowest BCUT2D eigenvalue weighted by Gasteiger charge is -2.20. The van der Waals surface area contributed by atoms with Crippen LogP contribution in [-0.4, -0.2) is 46.4 Å². The highest BCUT2D eigenvalue weighted by Crippen LogP contribution is 2.25. The lowest BCUT2D eigenvalue weighted by Crippen LogP contribution is -2.44. The van der Waals surface area contributed by atoms with Crippen LogP contribution in [0.15, 0.2) is 35.7 Å². The summed E-state index contributed by atoms with van der Waals surface area (Å²) < 4.78 is 1.79. The zero-order chi connectivity index (χ0) is 17.6. The standard InChI is InChI=1S/C17H24ClN7/c1-3-19-17(21-9-13-10-22-24(2)11-13)23-14-6-8-25(12-14)16-15(18)5-4-7-20-16/h4-5,7,10-11,14H,3,6,8-9,12H2,1-2H3,(H2,19,21,23). The first-order valence-corrected chi connectivity index (χ1v) is 8.91. The number of anilines is 1. The van der Waals surface area contributed by atoms with Gasteiger partial charge in [-0.3, -0.25) is 4.68 Å². The Balaban J connectivity index is 1.60. The molecule has 2 N–H and O–H groups in total. The van der Waals surface area contributed by atoms with Gasteiger partial charge in [-0.2, -0.15) is 5.10 Å². The third-order valence-corrected chi connectivity index (χ3v) is 4.39. The third kappa shape index (κ3) is 4.63. The Hall–Kier alpha value is -2.28. The normalized spacial score (nSPS) is 17.8. The lowest BCUT2D eigenvalue weighted by atomic mass is 10.3. The van der Waals surface area contributed by atoms with Crippen molar-refractivity contribution in [3.8, 4) is 0 Å². The molecule has 1 atom stereocenters. The summed E-state index contributed by atoms with van der Waals surface area (Å²) in [6.45, 7) is 5.27. The number of nitrogens with zero attached hydrogens (tertiary/aromatic N) is 5. The van der Waals surface area contributed by atoms with E-state index in [-0.39, 0.29) is 0 Å². The molecule has 7 nitrogen and oxygen atoms in total. The molecule has 3 rings (SSSR count). The van der Waals surface area contributed by atoms with E-state index in [0.717, 1.165) is 43.4 Å². The van der Waals surface area contributed by atoms with Gasteiger partial charge in [0.25, 0.3) is 0 Å². The molecule has 0 radical (unpaired) electrons. The quantitative estimate of drug-likeness (QED) is 0.627. The van der Waals surface area contributed by atoms with Gasteiger partial charge in [0, 0.05) is 50.7 Å². The van der Waals surface area contributed by atoms with Crippen molar-refractivity contribution in [3.63, 3.8) is 0 Å². The average molecular weight is 362 g/mol. The van der Waals surface area contributed by atoms with E-state index >= 15 is 0 Å². The first kappa shape index (κ1) is 17.5. The van der Waals surface area contributed by atoms with Crippen molar-refractivity contribution in [2.45, 2.75) is 25.9 Å². The second-order valence-electron chi connectivity index (χ2n) is 6.10. The van der Waals surface area contributed by atoms with Crippen molar-refractivity contribution in [2.75, 3.05) is 24.5 Å². The van der Waals surface area contributed by atoms with Crippen LogP contribution >= 0.6 is 11.6 Å². The zero-order valence-corrected chi connectivity index (χ0v) is 15.4. The first-order valence-electron chi connectivity index (χ1n) is 8.53. The molecule has 8 heteroatoms. The van der Waals surface area contributed by atoms with Crippen LogP contribution in [0.1, 0.15) is 18.9 Å². The topological polar surface area (TPSA) is 70.4 Å². The minimum atomic E-state index is 0.310. The van der Waals surface area contributed by atoms with E-state index in [1.165, 1.54) is 0 Å². The summed E-state index contributed by atoms with van der Waals surface area (Å²) in [5.41, 5.74) is 1.09. The molecule has 0 bridgehead atoms. The Labute approximate surface area is 153 Å². The molecule has 1 fully saturated rings. The number of halogens is 1. The largest absolute Gasteiger partial charge is 0.357 e. The van der Waals surface area contributed by atoms with Crippen molar-refractivity contribution < 1.29 is 0 Å². The van der Waals surface area contributed by atoms with Crippen molar-refractivity contribution in [3.05, 3.63) is 41.3 Å². The predicted molar refractivity (Wildman–Crippen MR) is 101 cm³/mol. The summed E-state index contributed by atoms with van der Waals surface area (Å²) in [7, 11) is 1.91. The van der Waals surface area contributed by atoms with Crippen LogP contribution in [0.5, 0.6) is 0 Å². The maximum Gasteiger partial charge on any atom is 0.191 e. The van der Waals surface area contributed by atoms with E-state index in [1.807, 2.05) is 31.6 Å². The molecule has 2 aromatic rings. The molecule has 134 valence electrons. The maximum absolute atomic E-state index is 6.26. The van der Waals surface area contributed by atoms with Crippen molar-refractivity contribution in [1.82, 2.24) is 25.4 Å². The number of guanidine groups is 1. The summed E-state index contributed by atoms with van der Waals surface area (Å²) in [4.78, 5) is 11.3. The number of aryl methyl sites for hydroxylation is 1. The molecular formula is C17H24ClN7. The Kier molecular flexibility index (Phi) is 5.75. The molecule has 0 aromatic carbocycles. The fraction of sp³-hybridized carbons (Fsp3) is 0.471. The van der Waals surface area contributed by atoms with Gasteiger partial charge in [-0.1, -0.05) is 11.6 Å². The molecule has 2 aromatic heterocycles. The Morgan fingerprint density at radius 2 is 2.36 bits per heavy atom. The maximum atomic E-state index is 6.26. The van der Waals surface area contributed by atoms with E-state index in [4.69, 9.17) is 11.6 Å². The molecule has 0 spiro atoms. The van der Waals surface area contributed by atoms with Crippen LogP contribution in [0.4, 0.5) is 5.82 Å². The van der Waals surface area contributed by atoms with Gasteiger partial charge in [-0.05, 0) is 25.5 Å². The summed E-state index contributed by atoms with van der Waals surface area (Å²) in [6.07, 6.45) is 6.62. The van der Waals surface area contributed by atoms with Crippen LogP contribution in [0.3, 0.4) is 0 Å². The highest BCUT2D eigenvalue weighted by Gasteiger charge is 2.25. The molecule has 25 heavy (non-hydrogen) atoms. The van der Waals surface area contributed by atoms with Gasteiger partial charge in [-0.15, -0.1) is 0 Å². The first-order chi connectivity index (χ1) is 12.2. The van der Waals surface area contributed by atoms with Crippen LogP contribution in [-0.2, 0) is 13.6 Å². The number of pyridine rings is 1. The summed E-state index contributed by atoms with van der Waals surface area (Å²) in [5.74, 6) is 1.68. The number of rotatable bonds is 5. The Morgan fingerprint density at radius 1 is 1.48 bits per heavy atom. The molecule has 1 aliphatic heterocycles. The van der Waals surface area contributed by atoms with Gasteiger partial charge in [0.05, 0.1) is 17.8 Å². The van der Waals surface area contributed by atoms with E-state index < -0.39 is 0 Å². The van der Waals surface area contributed by atoms with Gasteiger partial charge in [0.1, 0.15) is 5.82 Å². The van der Waals surface area contributed by atoms with Crippen LogP contribution in [0, 0.1) is 0 Å². The van der Waals surface area contributed by atoms with Gasteiger partial charge in [0.2, 0.25) is 0 Å². The van der Waals surface area contributed by atoms with Crippen LogP contribution < -0.4 is 15.5 Å². The fourth-order valence-corrected chi connectivity index (χ4v) is 3.16. The van der Waals surface area contributed by atoms with Crippen molar-refractivity contribution in [2.24, 2.45) is 12.0 Å². The Morgan fingerprint density at radius 3 is 3.08 bits per heavy atom. The lowest BCUT2D eigenvalue weighted by molar-refractivity contribution is 0.648. The summed E-state index contributed by atoms with van der Waals surface area (Å²) in [5, 5.41) is 11.7. The molecule has 1 unspecified atom stereocenters. The molecule has 3 heterocycles. The third-order valence-electron chi connectivity index (χ3n) is 4.09. The van der Waals surface area contributed by atoms with E-state index in [9.17, 15) is 0 Å². The summed E-state index contributed by atoms with van der Waals surface area (Å²) >= 11 is 6.26. The second-order valence-corrected chi connectivity index (χ2v) is 6.51. The molecule has 1 saturated heterocycles. The number of aliphatic imine (C=N–C) groups is 1. The number of aromatic nitrogens is 3. The number of nitrogens with one attached hydrogen (secondary N) is 2. The SMILES string of the molecule is CCNC(=NCc1cnn(C)c1)NC1CCN(c2ncccc2Cl)C1. The summed E-state index contributed by atoms with van der Waals surface area (Å²) in [6, 6.07) is 4.04. The monoisotopic (exact) mass is 361 g/mol. The second kappa shape index (κ2) is 8.20. The number of hydrogen-bond acceptors (Lipinski definition) is 4. The van der Waals surface area contributed by atoms with Gasteiger partial charge < -0.3 is 15.5 Å². The van der Waals surface area contributed by atoms with Gasteiger partial charge in [0.15, 0.2) is 5.96 Å². The predicted octanol–water partition coefficient (Wildman–Crippen LogP) is 1.80. The average Bonchev–Trinajstić information content (AvgIpc) is 3.22. The minimum Gasteiger partial charge on any atom is -0.357 e. The highest BCUT2D eigenvalue weighted by molar-refractivity contribution is 6.32. The van der Waals surface area contributed by atoms with E-state index in [2.05, 4.69) is 37.5 Å². The molecular weight excluding hydrogens is 338 g/mol. The van der Waals surface area contributed by atoms with E-state index in [1.54, 1.807) is 10.9 Å². The molecule has 0 amide bonds. The van der Waals surface area contributed by atoms with Crippen LogP contribution in [0.25, 0.3) is 0 Å². The van der Waals surface area contributed by atoms with Crippen molar-refractivity contribution >= 4 is 23.4 Å². The number of hydrogen-bond donors (Lipinski definition) is 2.